The molecule has 34 heavy (non-hydrogen) atoms. The molecule has 1 N–H and O–H groups in total. The Morgan fingerprint density at radius 3 is 2.47 bits per heavy atom. The van der Waals surface area contributed by atoms with Crippen molar-refractivity contribution in [1.82, 2.24) is 9.88 Å². The first-order valence-corrected chi connectivity index (χ1v) is 11.0. The highest BCUT2D eigenvalue weighted by atomic mass is 19.1. The quantitative estimate of drug-likeness (QED) is 0.320. The summed E-state index contributed by atoms with van der Waals surface area (Å²) in [6.45, 7) is 5.73. The fourth-order valence-corrected chi connectivity index (χ4v) is 4.04. The Bertz CT molecular complexity index is 1250. The first-order valence-electron chi connectivity index (χ1n) is 11.0. The standard InChI is InChI=1S/C27H25FN2O4/c1-16(2)34-22-12-9-19(14-17(22)3)25(31)23-24(18-7-10-20(28)11-8-18)30(27(33)26(23)32)15-21-6-4-5-13-29-21/h4-14,16,24,31H,15H2,1-3H3/b25-23-. The van der Waals surface area contributed by atoms with E-state index in [1.165, 1.54) is 29.2 Å². The predicted octanol–water partition coefficient (Wildman–Crippen LogP) is 4.94. The number of pyridine rings is 1. The zero-order chi connectivity index (χ0) is 24.4. The van der Waals surface area contributed by atoms with E-state index < -0.39 is 23.5 Å². The highest BCUT2D eigenvalue weighted by Crippen LogP contribution is 2.40. The number of aromatic nitrogens is 1. The number of hydrogen-bond acceptors (Lipinski definition) is 5. The molecule has 1 saturated heterocycles. The van der Waals surface area contributed by atoms with E-state index in [1.54, 1.807) is 42.6 Å². The van der Waals surface area contributed by atoms with Gasteiger partial charge in [-0.15, -0.1) is 0 Å². The molecule has 4 rings (SSSR count). The van der Waals surface area contributed by atoms with E-state index in [0.29, 0.717) is 22.6 Å². The largest absolute Gasteiger partial charge is 0.507 e. The number of hydrogen-bond donors (Lipinski definition) is 1. The summed E-state index contributed by atoms with van der Waals surface area (Å²) in [5, 5.41) is 11.2. The van der Waals surface area contributed by atoms with Crippen molar-refractivity contribution in [3.63, 3.8) is 0 Å². The molecule has 2 heterocycles. The van der Waals surface area contributed by atoms with Gasteiger partial charge in [-0.3, -0.25) is 14.6 Å². The van der Waals surface area contributed by atoms with E-state index in [-0.39, 0.29) is 24.0 Å². The predicted molar refractivity (Wildman–Crippen MR) is 125 cm³/mol. The maximum Gasteiger partial charge on any atom is 0.296 e. The monoisotopic (exact) mass is 460 g/mol. The van der Waals surface area contributed by atoms with Crippen LogP contribution in [-0.4, -0.2) is 32.8 Å². The first kappa shape index (κ1) is 23.2. The number of ketones is 1. The van der Waals surface area contributed by atoms with Crippen molar-refractivity contribution in [3.05, 3.63) is 101 Å². The van der Waals surface area contributed by atoms with Gasteiger partial charge in [-0.2, -0.15) is 0 Å². The van der Waals surface area contributed by atoms with Gasteiger partial charge in [0.25, 0.3) is 11.7 Å². The minimum Gasteiger partial charge on any atom is -0.507 e. The lowest BCUT2D eigenvalue weighted by Crippen LogP contribution is -2.29. The van der Waals surface area contributed by atoms with Crippen LogP contribution in [0.2, 0.25) is 0 Å². The number of aliphatic hydroxyl groups is 1. The van der Waals surface area contributed by atoms with Gasteiger partial charge in [0.15, 0.2) is 0 Å². The van der Waals surface area contributed by atoms with Crippen LogP contribution in [0.4, 0.5) is 4.39 Å². The van der Waals surface area contributed by atoms with Crippen LogP contribution in [0.25, 0.3) is 5.76 Å². The summed E-state index contributed by atoms with van der Waals surface area (Å²) in [6.07, 6.45) is 1.58. The molecule has 1 fully saturated rings. The van der Waals surface area contributed by atoms with Gasteiger partial charge in [0.1, 0.15) is 17.3 Å². The average molecular weight is 461 g/mol. The second-order valence-electron chi connectivity index (χ2n) is 8.45. The van der Waals surface area contributed by atoms with Gasteiger partial charge in [-0.1, -0.05) is 18.2 Å². The molecule has 0 bridgehead atoms. The van der Waals surface area contributed by atoms with E-state index in [2.05, 4.69) is 4.98 Å². The maximum atomic E-state index is 13.6. The van der Waals surface area contributed by atoms with Crippen LogP contribution in [-0.2, 0) is 16.1 Å². The number of aryl methyl sites for hydroxylation is 1. The molecule has 6 nitrogen and oxygen atoms in total. The van der Waals surface area contributed by atoms with Crippen molar-refractivity contribution in [1.29, 1.82) is 0 Å². The highest BCUT2D eigenvalue weighted by Gasteiger charge is 2.46. The molecule has 1 aliphatic heterocycles. The Labute approximate surface area is 197 Å². The number of rotatable bonds is 6. The second kappa shape index (κ2) is 9.47. The lowest BCUT2D eigenvalue weighted by atomic mass is 9.94. The van der Waals surface area contributed by atoms with Crippen molar-refractivity contribution in [2.24, 2.45) is 0 Å². The number of carbonyl (C=O) groups excluding carboxylic acids is 2. The molecule has 7 heteroatoms. The lowest BCUT2D eigenvalue weighted by molar-refractivity contribution is -0.140. The number of halogens is 1. The summed E-state index contributed by atoms with van der Waals surface area (Å²) in [6, 6.07) is 15.0. The summed E-state index contributed by atoms with van der Waals surface area (Å²) in [5.41, 5.74) is 2.21. The summed E-state index contributed by atoms with van der Waals surface area (Å²) in [5.74, 6) is -1.63. The van der Waals surface area contributed by atoms with Crippen molar-refractivity contribution in [3.8, 4) is 5.75 Å². The summed E-state index contributed by atoms with van der Waals surface area (Å²) in [4.78, 5) is 31.8. The van der Waals surface area contributed by atoms with Gasteiger partial charge in [0, 0.05) is 11.8 Å². The third-order valence-corrected chi connectivity index (χ3v) is 5.60. The van der Waals surface area contributed by atoms with Gasteiger partial charge < -0.3 is 14.7 Å². The minimum absolute atomic E-state index is 0.0199. The first-order chi connectivity index (χ1) is 16.3. The van der Waals surface area contributed by atoms with Gasteiger partial charge >= 0.3 is 0 Å². The number of likely N-dealkylation sites (tertiary alicyclic amines) is 1. The molecule has 0 spiro atoms. The molecule has 1 aliphatic rings. The van der Waals surface area contributed by atoms with Crippen LogP contribution in [0.15, 0.2) is 72.4 Å². The smallest absolute Gasteiger partial charge is 0.296 e. The minimum atomic E-state index is -0.894. The highest BCUT2D eigenvalue weighted by molar-refractivity contribution is 6.46. The van der Waals surface area contributed by atoms with E-state index in [0.717, 1.165) is 5.56 Å². The van der Waals surface area contributed by atoms with Gasteiger partial charge in [-0.25, -0.2) is 4.39 Å². The van der Waals surface area contributed by atoms with Crippen molar-refractivity contribution < 1.29 is 23.8 Å². The number of carbonyl (C=O) groups is 2. The third-order valence-electron chi connectivity index (χ3n) is 5.60. The van der Waals surface area contributed by atoms with Crippen LogP contribution in [0.3, 0.4) is 0 Å². The molecule has 1 aromatic heterocycles. The third kappa shape index (κ3) is 4.55. The number of aliphatic hydroxyl groups excluding tert-OH is 1. The van der Waals surface area contributed by atoms with E-state index >= 15 is 0 Å². The summed E-state index contributed by atoms with van der Waals surface area (Å²) in [7, 11) is 0. The van der Waals surface area contributed by atoms with Gasteiger partial charge in [0.2, 0.25) is 0 Å². The topological polar surface area (TPSA) is 79.7 Å². The number of Topliss-reactive ketones (excluding diaryl/α,β-unsaturated/α-hetero) is 1. The fourth-order valence-electron chi connectivity index (χ4n) is 4.04. The Morgan fingerprint density at radius 2 is 1.85 bits per heavy atom. The zero-order valence-electron chi connectivity index (χ0n) is 19.2. The van der Waals surface area contributed by atoms with E-state index in [4.69, 9.17) is 4.74 Å². The van der Waals surface area contributed by atoms with Crippen LogP contribution in [0, 0.1) is 12.7 Å². The van der Waals surface area contributed by atoms with Gasteiger partial charge in [-0.05, 0) is 74.4 Å². The van der Waals surface area contributed by atoms with Crippen LogP contribution in [0.5, 0.6) is 5.75 Å². The molecular formula is C27H25FN2O4. The Morgan fingerprint density at radius 1 is 1.12 bits per heavy atom. The molecule has 0 aliphatic carbocycles. The molecular weight excluding hydrogens is 435 g/mol. The van der Waals surface area contributed by atoms with E-state index in [1.807, 2.05) is 20.8 Å². The SMILES string of the molecule is Cc1cc(/C(O)=C2/C(=O)C(=O)N(Cc3ccccn3)C2c2ccc(F)cc2)ccc1OC(C)C. The summed E-state index contributed by atoms with van der Waals surface area (Å²) >= 11 is 0. The van der Waals surface area contributed by atoms with Crippen LogP contribution < -0.4 is 4.74 Å². The molecule has 3 aromatic rings. The van der Waals surface area contributed by atoms with Crippen molar-refractivity contribution >= 4 is 17.4 Å². The molecule has 174 valence electrons. The number of nitrogens with zero attached hydrogens (tertiary/aromatic N) is 2. The maximum absolute atomic E-state index is 13.6. The molecule has 1 atom stereocenters. The van der Waals surface area contributed by atoms with Crippen LogP contribution >= 0.6 is 0 Å². The number of benzene rings is 2. The zero-order valence-corrected chi connectivity index (χ0v) is 19.2. The molecule has 1 unspecified atom stereocenters. The normalized spacial score (nSPS) is 17.4. The summed E-state index contributed by atoms with van der Waals surface area (Å²) < 4.78 is 19.4. The fraction of sp³-hybridized carbons (Fsp3) is 0.222. The number of ether oxygens (including phenoxy) is 1. The molecule has 0 radical (unpaired) electrons. The molecule has 2 aromatic carbocycles. The van der Waals surface area contributed by atoms with Crippen molar-refractivity contribution in [2.45, 2.75) is 39.5 Å². The molecule has 0 saturated carbocycles. The average Bonchev–Trinajstić information content (AvgIpc) is 3.06. The number of amides is 1. The van der Waals surface area contributed by atoms with Crippen LogP contribution in [0.1, 0.15) is 42.3 Å². The van der Waals surface area contributed by atoms with Crippen molar-refractivity contribution in [2.75, 3.05) is 0 Å². The lowest BCUT2D eigenvalue weighted by Gasteiger charge is -2.25. The van der Waals surface area contributed by atoms with E-state index in [9.17, 15) is 19.1 Å². The Kier molecular flexibility index (Phi) is 6.45. The Balaban J connectivity index is 1.82. The Hall–Kier alpha value is -4.00. The molecule has 1 amide bonds. The second-order valence-corrected chi connectivity index (χ2v) is 8.45. The van der Waals surface area contributed by atoms with Gasteiger partial charge in [0.05, 0.1) is 30.0 Å².